The molecule has 0 aliphatic rings. The van der Waals surface area contributed by atoms with E-state index in [4.69, 9.17) is 4.74 Å². The van der Waals surface area contributed by atoms with Crippen LogP contribution in [0.15, 0.2) is 52.1 Å². The summed E-state index contributed by atoms with van der Waals surface area (Å²) in [5.41, 5.74) is -0.292. The molecular formula is C17H15N5O5S2. The molecule has 3 rings (SSSR count). The highest BCUT2D eigenvalue weighted by atomic mass is 32.2. The van der Waals surface area contributed by atoms with Gasteiger partial charge in [-0.15, -0.1) is 21.5 Å². The summed E-state index contributed by atoms with van der Waals surface area (Å²) < 4.78 is 6.57. The second kappa shape index (κ2) is 9.30. The van der Waals surface area contributed by atoms with E-state index >= 15 is 0 Å². The normalized spacial score (nSPS) is 10.5. The van der Waals surface area contributed by atoms with E-state index in [-0.39, 0.29) is 11.3 Å². The number of hydrogen-bond donors (Lipinski definition) is 1. The number of thiophene rings is 1. The zero-order chi connectivity index (χ0) is 20.8. The van der Waals surface area contributed by atoms with Crippen LogP contribution in [0.25, 0.3) is 0 Å². The first-order chi connectivity index (χ1) is 13.9. The Balaban J connectivity index is 1.62. The van der Waals surface area contributed by atoms with Crippen molar-refractivity contribution >= 4 is 40.7 Å². The Bertz CT molecular complexity index is 1030. The summed E-state index contributed by atoms with van der Waals surface area (Å²) in [6.45, 7) is -0.138. The fourth-order valence-corrected chi connectivity index (χ4v) is 3.70. The van der Waals surface area contributed by atoms with Crippen molar-refractivity contribution in [2.24, 2.45) is 7.05 Å². The Morgan fingerprint density at radius 1 is 1.38 bits per heavy atom. The highest BCUT2D eigenvalue weighted by Gasteiger charge is 2.21. The number of aryl methyl sites for hydroxylation is 1. The molecule has 0 spiro atoms. The van der Waals surface area contributed by atoms with Crippen molar-refractivity contribution < 1.29 is 19.2 Å². The highest BCUT2D eigenvalue weighted by molar-refractivity contribution is 7.99. The molecule has 0 saturated heterocycles. The van der Waals surface area contributed by atoms with E-state index in [2.05, 4.69) is 15.5 Å². The molecule has 0 aliphatic carbocycles. The first-order valence-corrected chi connectivity index (χ1v) is 9.90. The van der Waals surface area contributed by atoms with Gasteiger partial charge >= 0.3 is 5.97 Å². The van der Waals surface area contributed by atoms with Crippen LogP contribution < -0.4 is 5.32 Å². The quantitative estimate of drug-likeness (QED) is 0.326. The maximum absolute atomic E-state index is 12.2. The van der Waals surface area contributed by atoms with Gasteiger partial charge < -0.3 is 14.6 Å². The Labute approximate surface area is 173 Å². The third kappa shape index (κ3) is 5.39. The number of carbonyl (C=O) groups excluding carboxylic acids is 2. The van der Waals surface area contributed by atoms with Gasteiger partial charge in [-0.2, -0.15) is 0 Å². The molecular weight excluding hydrogens is 418 g/mol. The van der Waals surface area contributed by atoms with E-state index < -0.39 is 23.4 Å². The fourth-order valence-electron chi connectivity index (χ4n) is 2.20. The first-order valence-electron chi connectivity index (χ1n) is 8.20. The average molecular weight is 433 g/mol. The van der Waals surface area contributed by atoms with Crippen LogP contribution in [0, 0.1) is 10.1 Å². The molecule has 150 valence electrons. The van der Waals surface area contributed by atoms with E-state index in [0.29, 0.717) is 16.6 Å². The van der Waals surface area contributed by atoms with Gasteiger partial charge in [0.05, 0.1) is 21.9 Å². The van der Waals surface area contributed by atoms with E-state index in [1.54, 1.807) is 11.6 Å². The molecule has 1 amide bonds. The summed E-state index contributed by atoms with van der Waals surface area (Å²) in [4.78, 5) is 36.1. The van der Waals surface area contributed by atoms with E-state index in [1.807, 2.05) is 17.5 Å². The van der Waals surface area contributed by atoms with Crippen LogP contribution >= 0.6 is 23.1 Å². The summed E-state index contributed by atoms with van der Waals surface area (Å²) in [6, 6.07) is 7.69. The lowest BCUT2D eigenvalue weighted by Gasteiger charge is -2.07. The van der Waals surface area contributed by atoms with Crippen LogP contribution in [0.5, 0.6) is 0 Å². The van der Waals surface area contributed by atoms with Gasteiger partial charge in [-0.1, -0.05) is 6.07 Å². The lowest BCUT2D eigenvalue weighted by Crippen LogP contribution is -2.28. The smallest absolute Gasteiger partial charge is 0.338 e. The van der Waals surface area contributed by atoms with Crippen molar-refractivity contribution in [1.82, 2.24) is 20.1 Å². The number of nitrogens with zero attached hydrogens (tertiary/aromatic N) is 4. The van der Waals surface area contributed by atoms with E-state index in [0.717, 1.165) is 22.7 Å². The van der Waals surface area contributed by atoms with Crippen LogP contribution in [-0.4, -0.2) is 38.2 Å². The molecule has 3 aromatic rings. The Hall–Kier alpha value is -3.25. The average Bonchev–Trinajstić information content (AvgIpc) is 3.36. The Morgan fingerprint density at radius 2 is 2.21 bits per heavy atom. The first kappa shape index (κ1) is 20.5. The number of rotatable bonds is 8. The number of benzene rings is 1. The molecule has 2 aromatic heterocycles. The standard InChI is InChI=1S/C17H15N5O5S2/c1-21-10-19-20-17(21)29-14-5-4-11(7-13(14)22(25)26)16(24)27-9-15(23)18-8-12-3-2-6-28-12/h2-7,10H,8-9H2,1H3,(H,18,23). The maximum atomic E-state index is 12.2. The zero-order valence-corrected chi connectivity index (χ0v) is 16.7. The maximum Gasteiger partial charge on any atom is 0.338 e. The summed E-state index contributed by atoms with van der Waals surface area (Å²) in [5, 5.41) is 24.0. The molecule has 0 fully saturated rings. The number of carbonyl (C=O) groups is 2. The lowest BCUT2D eigenvalue weighted by atomic mass is 10.2. The van der Waals surface area contributed by atoms with Gasteiger partial charge in [0.25, 0.3) is 11.6 Å². The van der Waals surface area contributed by atoms with Gasteiger partial charge in [0.1, 0.15) is 6.33 Å². The number of nitro groups is 1. The van der Waals surface area contributed by atoms with Gasteiger partial charge in [-0.25, -0.2) is 4.79 Å². The lowest BCUT2D eigenvalue weighted by molar-refractivity contribution is -0.387. The van der Waals surface area contributed by atoms with E-state index in [9.17, 15) is 19.7 Å². The fraction of sp³-hybridized carbons (Fsp3) is 0.176. The molecule has 12 heteroatoms. The third-order valence-corrected chi connectivity index (χ3v) is 5.63. The minimum atomic E-state index is -0.824. The topological polar surface area (TPSA) is 129 Å². The second-order valence-corrected chi connectivity index (χ2v) is 7.74. The molecule has 0 unspecified atom stereocenters. The number of aromatic nitrogens is 3. The number of ether oxygens (including phenoxy) is 1. The van der Waals surface area contributed by atoms with E-state index in [1.165, 1.54) is 29.8 Å². The Morgan fingerprint density at radius 3 is 2.86 bits per heavy atom. The van der Waals surface area contributed by atoms with Gasteiger partial charge in [-0.3, -0.25) is 14.9 Å². The number of amides is 1. The monoisotopic (exact) mass is 433 g/mol. The molecule has 0 aliphatic heterocycles. The highest BCUT2D eigenvalue weighted by Crippen LogP contribution is 2.34. The van der Waals surface area contributed by atoms with Gasteiger partial charge in [-0.05, 0) is 35.3 Å². The largest absolute Gasteiger partial charge is 0.452 e. The van der Waals surface area contributed by atoms with Gasteiger partial charge in [0.15, 0.2) is 11.8 Å². The minimum Gasteiger partial charge on any atom is -0.452 e. The van der Waals surface area contributed by atoms with Crippen molar-refractivity contribution in [3.63, 3.8) is 0 Å². The summed E-state index contributed by atoms with van der Waals surface area (Å²) in [7, 11) is 1.71. The second-order valence-electron chi connectivity index (χ2n) is 5.70. The molecule has 0 atom stereocenters. The number of esters is 1. The molecule has 0 bridgehead atoms. The van der Waals surface area contributed by atoms with Crippen molar-refractivity contribution in [1.29, 1.82) is 0 Å². The van der Waals surface area contributed by atoms with Crippen molar-refractivity contribution in [3.05, 3.63) is 62.6 Å². The number of hydrogen-bond acceptors (Lipinski definition) is 9. The molecule has 10 nitrogen and oxygen atoms in total. The van der Waals surface area contributed by atoms with Crippen LogP contribution in [0.3, 0.4) is 0 Å². The molecule has 1 N–H and O–H groups in total. The summed E-state index contributed by atoms with van der Waals surface area (Å²) in [5.74, 6) is -1.29. The number of nitro benzene ring substituents is 1. The molecule has 2 heterocycles. The number of nitrogens with one attached hydrogen (secondary N) is 1. The van der Waals surface area contributed by atoms with Crippen LogP contribution in [0.4, 0.5) is 5.69 Å². The van der Waals surface area contributed by atoms with Crippen LogP contribution in [0.1, 0.15) is 15.2 Å². The van der Waals surface area contributed by atoms with Gasteiger partial charge in [0, 0.05) is 18.0 Å². The molecule has 1 aromatic carbocycles. The summed E-state index contributed by atoms with van der Waals surface area (Å²) in [6.07, 6.45) is 1.48. The van der Waals surface area contributed by atoms with Crippen molar-refractivity contribution in [2.45, 2.75) is 16.6 Å². The minimum absolute atomic E-state index is 0.0231. The predicted molar refractivity (Wildman–Crippen MR) is 105 cm³/mol. The Kier molecular flexibility index (Phi) is 6.57. The zero-order valence-electron chi connectivity index (χ0n) is 15.1. The predicted octanol–water partition coefficient (Wildman–Crippen LogP) is 2.41. The molecule has 29 heavy (non-hydrogen) atoms. The summed E-state index contributed by atoms with van der Waals surface area (Å²) >= 11 is 2.55. The third-order valence-electron chi connectivity index (χ3n) is 3.64. The van der Waals surface area contributed by atoms with Crippen LogP contribution in [-0.2, 0) is 23.1 Å². The molecule has 0 saturated carbocycles. The van der Waals surface area contributed by atoms with Gasteiger partial charge in [0.2, 0.25) is 0 Å². The van der Waals surface area contributed by atoms with Crippen LogP contribution in [0.2, 0.25) is 0 Å². The SMILES string of the molecule is Cn1cnnc1Sc1ccc(C(=O)OCC(=O)NCc2cccs2)cc1[N+](=O)[O-]. The van der Waals surface area contributed by atoms with Crippen molar-refractivity contribution in [2.75, 3.05) is 6.61 Å². The molecule has 0 radical (unpaired) electrons. The van der Waals surface area contributed by atoms with Crippen molar-refractivity contribution in [3.8, 4) is 0 Å².